The van der Waals surface area contributed by atoms with Crippen molar-refractivity contribution < 1.29 is 9.53 Å². The highest BCUT2D eigenvalue weighted by atomic mass is 32.1. The van der Waals surface area contributed by atoms with E-state index in [1.807, 2.05) is 4.90 Å². The van der Waals surface area contributed by atoms with Crippen LogP contribution in [0.5, 0.6) is 0 Å². The number of ether oxygens (including phenoxy) is 1. The van der Waals surface area contributed by atoms with Crippen molar-refractivity contribution in [2.24, 2.45) is 0 Å². The van der Waals surface area contributed by atoms with Gasteiger partial charge >= 0.3 is 6.03 Å². The van der Waals surface area contributed by atoms with Crippen molar-refractivity contribution in [1.82, 2.24) is 15.1 Å². The number of carbonyl (C=O) groups excluding carboxylic acids is 1. The van der Waals surface area contributed by atoms with Gasteiger partial charge in [-0.15, -0.1) is 0 Å². The fraction of sp³-hybridized carbons (Fsp3) is 0.688. The molecule has 2 aliphatic heterocycles. The Morgan fingerprint density at radius 1 is 1.36 bits per heavy atom. The van der Waals surface area contributed by atoms with E-state index in [9.17, 15) is 4.79 Å². The molecule has 0 unspecified atom stereocenters. The summed E-state index contributed by atoms with van der Waals surface area (Å²) in [7, 11) is 0. The Morgan fingerprint density at radius 2 is 2.23 bits per heavy atom. The van der Waals surface area contributed by atoms with Gasteiger partial charge in [0.15, 0.2) is 0 Å². The van der Waals surface area contributed by atoms with Crippen LogP contribution in [0.15, 0.2) is 16.8 Å². The second-order valence-electron chi connectivity index (χ2n) is 6.04. The lowest BCUT2D eigenvalue weighted by Crippen LogP contribution is -2.53. The number of hydrogen-bond acceptors (Lipinski definition) is 4. The average molecular weight is 323 g/mol. The van der Waals surface area contributed by atoms with Crippen molar-refractivity contribution in [3.8, 4) is 0 Å². The van der Waals surface area contributed by atoms with Crippen LogP contribution in [-0.4, -0.2) is 67.8 Å². The van der Waals surface area contributed by atoms with Crippen LogP contribution in [0.4, 0.5) is 4.79 Å². The number of thiophene rings is 1. The third-order valence-corrected chi connectivity index (χ3v) is 5.15. The summed E-state index contributed by atoms with van der Waals surface area (Å²) in [6.45, 7) is 6.19. The molecule has 1 atom stereocenters. The molecule has 2 fully saturated rings. The third kappa shape index (κ3) is 4.44. The molecule has 5 nitrogen and oxygen atoms in total. The molecule has 1 aromatic rings. The fourth-order valence-corrected chi connectivity index (χ4v) is 3.77. The van der Waals surface area contributed by atoms with Crippen LogP contribution in [0.1, 0.15) is 18.4 Å². The molecule has 2 aliphatic rings. The molecule has 3 rings (SSSR count). The smallest absolute Gasteiger partial charge is 0.317 e. The van der Waals surface area contributed by atoms with E-state index in [1.165, 1.54) is 18.4 Å². The maximum absolute atomic E-state index is 12.2. The van der Waals surface area contributed by atoms with E-state index in [-0.39, 0.29) is 6.03 Å². The van der Waals surface area contributed by atoms with Crippen LogP contribution < -0.4 is 5.32 Å². The Hall–Kier alpha value is -1.11. The molecular weight excluding hydrogens is 298 g/mol. The molecule has 6 heteroatoms. The van der Waals surface area contributed by atoms with Gasteiger partial charge in [0.05, 0.1) is 6.10 Å². The highest BCUT2D eigenvalue weighted by Crippen LogP contribution is 2.14. The van der Waals surface area contributed by atoms with Crippen LogP contribution in [0.2, 0.25) is 0 Å². The largest absolute Gasteiger partial charge is 0.377 e. The highest BCUT2D eigenvalue weighted by molar-refractivity contribution is 7.07. The first-order chi connectivity index (χ1) is 10.8. The highest BCUT2D eigenvalue weighted by Gasteiger charge is 2.24. The van der Waals surface area contributed by atoms with Gasteiger partial charge in [0.1, 0.15) is 0 Å². The van der Waals surface area contributed by atoms with Crippen LogP contribution in [0.3, 0.4) is 0 Å². The van der Waals surface area contributed by atoms with E-state index in [1.54, 1.807) is 11.3 Å². The summed E-state index contributed by atoms with van der Waals surface area (Å²) in [5.74, 6) is 0. The number of nitrogens with zero attached hydrogens (tertiary/aromatic N) is 2. The van der Waals surface area contributed by atoms with E-state index in [0.717, 1.165) is 45.8 Å². The van der Waals surface area contributed by atoms with Gasteiger partial charge in [-0.2, -0.15) is 11.3 Å². The van der Waals surface area contributed by atoms with E-state index in [4.69, 9.17) is 4.74 Å². The molecule has 0 spiro atoms. The third-order valence-electron chi connectivity index (χ3n) is 4.42. The molecule has 1 aromatic heterocycles. The predicted molar refractivity (Wildman–Crippen MR) is 88.4 cm³/mol. The number of piperazine rings is 1. The van der Waals surface area contributed by atoms with Crippen molar-refractivity contribution in [3.63, 3.8) is 0 Å². The van der Waals surface area contributed by atoms with Crippen LogP contribution in [-0.2, 0) is 11.2 Å². The van der Waals surface area contributed by atoms with E-state index in [2.05, 4.69) is 27.0 Å². The lowest BCUT2D eigenvalue weighted by atomic mass is 10.2. The van der Waals surface area contributed by atoms with Crippen LogP contribution in [0, 0.1) is 0 Å². The van der Waals surface area contributed by atoms with Crippen molar-refractivity contribution in [2.45, 2.75) is 25.4 Å². The number of hydrogen-bond donors (Lipinski definition) is 1. The van der Waals surface area contributed by atoms with E-state index in [0.29, 0.717) is 12.6 Å². The van der Waals surface area contributed by atoms with Crippen LogP contribution in [0.25, 0.3) is 0 Å². The molecule has 0 saturated carbocycles. The first kappa shape index (κ1) is 15.8. The zero-order valence-electron chi connectivity index (χ0n) is 13.0. The molecule has 2 saturated heterocycles. The zero-order valence-corrected chi connectivity index (χ0v) is 13.8. The lowest BCUT2D eigenvalue weighted by Gasteiger charge is -2.35. The Labute approximate surface area is 136 Å². The topological polar surface area (TPSA) is 44.8 Å². The number of urea groups is 1. The second-order valence-corrected chi connectivity index (χ2v) is 6.82. The monoisotopic (exact) mass is 323 g/mol. The molecule has 0 bridgehead atoms. The summed E-state index contributed by atoms with van der Waals surface area (Å²) in [4.78, 5) is 16.5. The summed E-state index contributed by atoms with van der Waals surface area (Å²) in [5, 5.41) is 7.24. The summed E-state index contributed by atoms with van der Waals surface area (Å²) >= 11 is 1.70. The number of rotatable bonds is 5. The van der Waals surface area contributed by atoms with Gasteiger partial charge in [-0.05, 0) is 41.7 Å². The van der Waals surface area contributed by atoms with Crippen LogP contribution >= 0.6 is 11.3 Å². The molecule has 122 valence electrons. The Balaban J connectivity index is 1.32. The quantitative estimate of drug-likeness (QED) is 0.899. The Kier molecular flexibility index (Phi) is 5.70. The second kappa shape index (κ2) is 7.94. The Bertz CT molecular complexity index is 452. The Morgan fingerprint density at radius 3 is 2.91 bits per heavy atom. The molecule has 0 aliphatic carbocycles. The van der Waals surface area contributed by atoms with Gasteiger partial charge in [-0.3, -0.25) is 4.90 Å². The number of amides is 2. The molecule has 0 aromatic carbocycles. The fourth-order valence-electron chi connectivity index (χ4n) is 3.07. The zero-order chi connectivity index (χ0) is 15.2. The van der Waals surface area contributed by atoms with Crippen molar-refractivity contribution >= 4 is 17.4 Å². The molecule has 2 amide bonds. The summed E-state index contributed by atoms with van der Waals surface area (Å²) in [6.07, 6.45) is 3.69. The normalized spacial score (nSPS) is 22.9. The van der Waals surface area contributed by atoms with Gasteiger partial charge in [0.25, 0.3) is 0 Å². The maximum Gasteiger partial charge on any atom is 0.317 e. The van der Waals surface area contributed by atoms with Gasteiger partial charge < -0.3 is 15.0 Å². The molecule has 22 heavy (non-hydrogen) atoms. The van der Waals surface area contributed by atoms with Gasteiger partial charge in [0, 0.05) is 45.9 Å². The first-order valence-corrected chi connectivity index (χ1v) is 9.13. The SMILES string of the molecule is O=C(NCCc1ccsc1)N1CCN(C[C@H]2CCCO2)CC1. The number of nitrogens with one attached hydrogen (secondary N) is 1. The number of carbonyl (C=O) groups is 1. The predicted octanol–water partition coefficient (Wildman–Crippen LogP) is 1.80. The first-order valence-electron chi connectivity index (χ1n) is 8.19. The van der Waals surface area contributed by atoms with Crippen molar-refractivity contribution in [3.05, 3.63) is 22.4 Å². The minimum Gasteiger partial charge on any atom is -0.377 e. The van der Waals surface area contributed by atoms with Gasteiger partial charge in [-0.1, -0.05) is 0 Å². The van der Waals surface area contributed by atoms with Crippen molar-refractivity contribution in [2.75, 3.05) is 45.9 Å². The molecule has 0 radical (unpaired) electrons. The average Bonchev–Trinajstić information content (AvgIpc) is 3.21. The van der Waals surface area contributed by atoms with Gasteiger partial charge in [0.2, 0.25) is 0 Å². The van der Waals surface area contributed by atoms with Crippen molar-refractivity contribution in [1.29, 1.82) is 0 Å². The van der Waals surface area contributed by atoms with Gasteiger partial charge in [-0.25, -0.2) is 4.79 Å². The standard InChI is InChI=1S/C16H25N3O2S/c20-16(17-5-3-14-4-11-22-13-14)19-8-6-18(7-9-19)12-15-2-1-10-21-15/h4,11,13,15H,1-3,5-10,12H2,(H,17,20)/t15-/m1/s1. The molecular formula is C16H25N3O2S. The molecule has 3 heterocycles. The van der Waals surface area contributed by atoms with E-state index < -0.39 is 0 Å². The summed E-state index contributed by atoms with van der Waals surface area (Å²) in [6, 6.07) is 2.19. The minimum absolute atomic E-state index is 0.0759. The minimum atomic E-state index is 0.0759. The maximum atomic E-state index is 12.2. The van der Waals surface area contributed by atoms with E-state index >= 15 is 0 Å². The molecule has 1 N–H and O–H groups in total. The lowest BCUT2D eigenvalue weighted by molar-refractivity contribution is 0.0561. The summed E-state index contributed by atoms with van der Waals surface area (Å²) < 4.78 is 5.68. The summed E-state index contributed by atoms with van der Waals surface area (Å²) in [5.41, 5.74) is 1.30.